The van der Waals surface area contributed by atoms with E-state index in [1.165, 1.54) is 18.2 Å². The first kappa shape index (κ1) is 26.2. The van der Waals surface area contributed by atoms with E-state index in [4.69, 9.17) is 16.9 Å². The molecule has 2 N–H and O–H groups in total. The Bertz CT molecular complexity index is 928. The van der Waals surface area contributed by atoms with Gasteiger partial charge in [0.2, 0.25) is 5.95 Å². The average molecular weight is 456 g/mol. The van der Waals surface area contributed by atoms with Gasteiger partial charge in [-0.05, 0) is 30.5 Å². The van der Waals surface area contributed by atoms with Gasteiger partial charge in [0.05, 0.1) is 16.1 Å². The molecule has 1 heterocycles. The van der Waals surface area contributed by atoms with Crippen molar-refractivity contribution in [2.45, 2.75) is 46.7 Å². The molecule has 31 heavy (non-hydrogen) atoms. The molecule has 1 amide bonds. The molecule has 0 fully saturated rings. The van der Waals surface area contributed by atoms with Crippen molar-refractivity contribution in [3.05, 3.63) is 46.2 Å². The van der Waals surface area contributed by atoms with Crippen LogP contribution in [-0.4, -0.2) is 22.4 Å². The summed E-state index contributed by atoms with van der Waals surface area (Å²) in [6.45, 7) is 8.15. The minimum Gasteiger partial charge on any atom is -0.352 e. The van der Waals surface area contributed by atoms with Gasteiger partial charge in [-0.15, -0.1) is 0 Å². The van der Waals surface area contributed by atoms with E-state index in [0.717, 1.165) is 19.0 Å². The number of carbonyl (C=O) groups excluding carboxylic acids is 1. The maximum atomic E-state index is 13.5. The zero-order valence-electron chi connectivity index (χ0n) is 17.8. The molecule has 0 saturated carbocycles. The van der Waals surface area contributed by atoms with E-state index in [1.54, 1.807) is 0 Å². The van der Waals surface area contributed by atoms with E-state index >= 15 is 0 Å². The lowest BCUT2D eigenvalue weighted by atomic mass is 10.1. The smallest absolute Gasteiger partial charge is 0.352 e. The van der Waals surface area contributed by atoms with E-state index < -0.39 is 23.3 Å². The fourth-order valence-electron chi connectivity index (χ4n) is 2.59. The van der Waals surface area contributed by atoms with Gasteiger partial charge in [-0.1, -0.05) is 45.7 Å². The van der Waals surface area contributed by atoms with Crippen LogP contribution in [0.2, 0.25) is 5.02 Å². The highest BCUT2D eigenvalue weighted by atomic mass is 35.5. The van der Waals surface area contributed by atoms with E-state index in [1.807, 2.05) is 33.8 Å². The highest BCUT2D eigenvalue weighted by Crippen LogP contribution is 2.31. The Balaban J connectivity index is 0.00000233. The Morgan fingerprint density at radius 2 is 2.00 bits per heavy atom. The molecule has 2 rings (SSSR count). The quantitative estimate of drug-likeness (QED) is 0.537. The highest BCUT2D eigenvalue weighted by molar-refractivity contribution is 6.32. The summed E-state index contributed by atoms with van der Waals surface area (Å²) < 4.78 is 40.4. The molecule has 168 valence electrons. The number of nitriles is 1. The van der Waals surface area contributed by atoms with Gasteiger partial charge < -0.3 is 10.6 Å². The summed E-state index contributed by atoms with van der Waals surface area (Å²) in [6.07, 6.45) is -2.25. The Kier molecular flexibility index (Phi) is 10.2. The number of hydrogen-bond acceptors (Lipinski definition) is 5. The van der Waals surface area contributed by atoms with Crippen LogP contribution in [0.5, 0.6) is 0 Å². The SMILES string of the molecule is CC.CCCC(C)CNC(=O)c1cnc(Nc2ccc(C#N)c(Cl)c2)nc1C(F)(F)F. The maximum Gasteiger partial charge on any atom is 0.434 e. The molecule has 0 radical (unpaired) electrons. The van der Waals surface area contributed by atoms with Crippen molar-refractivity contribution in [1.82, 2.24) is 15.3 Å². The summed E-state index contributed by atoms with van der Waals surface area (Å²) in [6, 6.07) is 6.11. The molecule has 0 aliphatic carbocycles. The van der Waals surface area contributed by atoms with Gasteiger partial charge in [-0.25, -0.2) is 9.97 Å². The lowest BCUT2D eigenvalue weighted by Gasteiger charge is -2.15. The fraction of sp³-hybridized carbons (Fsp3) is 0.429. The lowest BCUT2D eigenvalue weighted by molar-refractivity contribution is -0.141. The van der Waals surface area contributed by atoms with Crippen LogP contribution in [0.1, 0.15) is 62.2 Å². The van der Waals surface area contributed by atoms with E-state index in [9.17, 15) is 18.0 Å². The first-order valence-electron chi connectivity index (χ1n) is 9.84. The zero-order chi connectivity index (χ0) is 23.6. The Morgan fingerprint density at radius 1 is 1.32 bits per heavy atom. The molecule has 0 aliphatic heterocycles. The van der Waals surface area contributed by atoms with Crippen LogP contribution in [0.3, 0.4) is 0 Å². The number of hydrogen-bond donors (Lipinski definition) is 2. The molecule has 0 aliphatic rings. The number of halogens is 4. The molecule has 0 spiro atoms. The van der Waals surface area contributed by atoms with Gasteiger partial charge in [0, 0.05) is 18.4 Å². The topological polar surface area (TPSA) is 90.7 Å². The first-order valence-corrected chi connectivity index (χ1v) is 10.2. The number of aromatic nitrogens is 2. The predicted octanol–water partition coefficient (Wildman–Crippen LogP) is 5.96. The largest absolute Gasteiger partial charge is 0.434 e. The van der Waals surface area contributed by atoms with Gasteiger partial charge >= 0.3 is 6.18 Å². The average Bonchev–Trinajstić information content (AvgIpc) is 2.73. The lowest BCUT2D eigenvalue weighted by Crippen LogP contribution is -2.31. The highest BCUT2D eigenvalue weighted by Gasteiger charge is 2.38. The van der Waals surface area contributed by atoms with Crippen molar-refractivity contribution >= 4 is 29.1 Å². The van der Waals surface area contributed by atoms with Crippen molar-refractivity contribution in [3.63, 3.8) is 0 Å². The molecule has 1 aromatic carbocycles. The van der Waals surface area contributed by atoms with Gasteiger partial charge in [0.15, 0.2) is 5.69 Å². The monoisotopic (exact) mass is 455 g/mol. The van der Waals surface area contributed by atoms with Crippen LogP contribution < -0.4 is 10.6 Å². The molecule has 10 heteroatoms. The van der Waals surface area contributed by atoms with Crippen LogP contribution in [0, 0.1) is 17.2 Å². The number of alkyl halides is 3. The van der Waals surface area contributed by atoms with Crippen LogP contribution in [0.4, 0.5) is 24.8 Å². The Morgan fingerprint density at radius 3 is 2.55 bits per heavy atom. The van der Waals surface area contributed by atoms with Crippen molar-refractivity contribution < 1.29 is 18.0 Å². The summed E-state index contributed by atoms with van der Waals surface area (Å²) in [5.41, 5.74) is -1.47. The fourth-order valence-corrected chi connectivity index (χ4v) is 2.82. The molecular formula is C21H25ClF3N5O. The van der Waals surface area contributed by atoms with Crippen LogP contribution in [0.15, 0.2) is 24.4 Å². The summed E-state index contributed by atoms with van der Waals surface area (Å²) in [5, 5.41) is 14.1. The van der Waals surface area contributed by atoms with E-state index in [2.05, 4.69) is 20.6 Å². The second kappa shape index (κ2) is 12.1. The van der Waals surface area contributed by atoms with Crippen molar-refractivity contribution in [1.29, 1.82) is 5.26 Å². The third-order valence-electron chi connectivity index (χ3n) is 4.04. The Hall–Kier alpha value is -2.86. The minimum atomic E-state index is -4.84. The second-order valence-corrected chi connectivity index (χ2v) is 6.90. The number of carbonyl (C=O) groups is 1. The first-order chi connectivity index (χ1) is 14.7. The number of benzene rings is 1. The second-order valence-electron chi connectivity index (χ2n) is 6.49. The number of nitrogens with one attached hydrogen (secondary N) is 2. The molecule has 0 bridgehead atoms. The molecule has 0 saturated heterocycles. The van der Waals surface area contributed by atoms with Gasteiger partial charge in [0.1, 0.15) is 6.07 Å². The standard InChI is InChI=1S/C19H19ClF3N5O.C2H6/c1-3-4-11(2)9-25-17(29)14-10-26-18(28-16(14)19(21,22)23)27-13-6-5-12(8-24)15(20)7-13;1-2/h5-7,10-11H,3-4,9H2,1-2H3,(H,25,29)(H,26,27,28);1-2H3. The molecule has 6 nitrogen and oxygen atoms in total. The van der Waals surface area contributed by atoms with Crippen LogP contribution >= 0.6 is 11.6 Å². The Labute approximate surface area is 184 Å². The maximum absolute atomic E-state index is 13.5. The summed E-state index contributed by atoms with van der Waals surface area (Å²) in [4.78, 5) is 19.5. The molecule has 1 atom stereocenters. The third kappa shape index (κ3) is 7.72. The van der Waals surface area contributed by atoms with E-state index in [-0.39, 0.29) is 29.0 Å². The number of nitrogens with zero attached hydrogens (tertiary/aromatic N) is 3. The van der Waals surface area contributed by atoms with Gasteiger partial charge in [-0.3, -0.25) is 4.79 Å². The number of anilines is 2. The van der Waals surface area contributed by atoms with Crippen LogP contribution in [-0.2, 0) is 6.18 Å². The predicted molar refractivity (Wildman–Crippen MR) is 114 cm³/mol. The van der Waals surface area contributed by atoms with Gasteiger partial charge in [0.25, 0.3) is 5.91 Å². The molecule has 1 aromatic heterocycles. The van der Waals surface area contributed by atoms with Crippen molar-refractivity contribution in [2.75, 3.05) is 11.9 Å². The summed E-state index contributed by atoms with van der Waals surface area (Å²) in [5.74, 6) is -1.09. The normalized spacial score (nSPS) is 11.6. The van der Waals surface area contributed by atoms with Crippen LogP contribution in [0.25, 0.3) is 0 Å². The van der Waals surface area contributed by atoms with Gasteiger partial charge in [-0.2, -0.15) is 18.4 Å². The van der Waals surface area contributed by atoms with E-state index in [0.29, 0.717) is 5.69 Å². The van der Waals surface area contributed by atoms with Crippen molar-refractivity contribution in [3.8, 4) is 6.07 Å². The third-order valence-corrected chi connectivity index (χ3v) is 4.35. The molecular weight excluding hydrogens is 431 g/mol. The molecule has 1 unspecified atom stereocenters. The zero-order valence-corrected chi connectivity index (χ0v) is 18.5. The summed E-state index contributed by atoms with van der Waals surface area (Å²) in [7, 11) is 0. The number of rotatable bonds is 7. The van der Waals surface area contributed by atoms with Crippen molar-refractivity contribution in [2.24, 2.45) is 5.92 Å². The minimum absolute atomic E-state index is 0.130. The number of amides is 1. The molecule has 2 aromatic rings. The summed E-state index contributed by atoms with van der Waals surface area (Å²) >= 11 is 5.91.